The maximum atomic E-state index is 10.7. The standard InChI is InChI=1S/C5H9ClN2O2S/c6-2-1-4-8-11(9,10)5-3-7/h8H,1-2,4-5H2. The Kier molecular flexibility index (Phi) is 5.20. The average Bonchev–Trinajstić information content (AvgIpc) is 1.87. The molecule has 0 aromatic rings. The number of hydrogen-bond acceptors (Lipinski definition) is 3. The van der Waals surface area contributed by atoms with E-state index in [4.69, 9.17) is 16.9 Å². The summed E-state index contributed by atoms with van der Waals surface area (Å²) < 4.78 is 23.7. The van der Waals surface area contributed by atoms with Crippen LogP contribution in [0.5, 0.6) is 0 Å². The number of rotatable bonds is 5. The van der Waals surface area contributed by atoms with Gasteiger partial charge in [0.05, 0.1) is 6.07 Å². The van der Waals surface area contributed by atoms with E-state index in [0.717, 1.165) is 0 Å². The molecule has 0 saturated carbocycles. The number of alkyl halides is 1. The fraction of sp³-hybridized carbons (Fsp3) is 0.800. The maximum Gasteiger partial charge on any atom is 0.225 e. The molecule has 0 rings (SSSR count). The van der Waals surface area contributed by atoms with Crippen molar-refractivity contribution in [1.82, 2.24) is 4.72 Å². The number of nitriles is 1. The lowest BCUT2D eigenvalue weighted by atomic mass is 10.5. The molecular weight excluding hydrogens is 188 g/mol. The molecule has 0 aliphatic carbocycles. The van der Waals surface area contributed by atoms with E-state index in [0.29, 0.717) is 18.8 Å². The van der Waals surface area contributed by atoms with E-state index >= 15 is 0 Å². The number of hydrogen-bond donors (Lipinski definition) is 1. The van der Waals surface area contributed by atoms with Crippen molar-refractivity contribution in [1.29, 1.82) is 5.26 Å². The predicted molar refractivity (Wildman–Crippen MR) is 42.7 cm³/mol. The van der Waals surface area contributed by atoms with Gasteiger partial charge >= 0.3 is 0 Å². The third-order valence-electron chi connectivity index (χ3n) is 0.887. The first-order chi connectivity index (χ1) is 5.12. The molecule has 4 nitrogen and oxygen atoms in total. The van der Waals surface area contributed by atoms with Crippen LogP contribution >= 0.6 is 11.6 Å². The molecule has 0 radical (unpaired) electrons. The number of halogens is 1. The first kappa shape index (κ1) is 10.7. The fourth-order valence-electron chi connectivity index (χ4n) is 0.430. The summed E-state index contributed by atoms with van der Waals surface area (Å²) in [5.74, 6) is -0.0790. The molecule has 0 aliphatic rings. The van der Waals surface area contributed by atoms with Crippen LogP contribution in [0.4, 0.5) is 0 Å². The Morgan fingerprint density at radius 3 is 2.64 bits per heavy atom. The van der Waals surface area contributed by atoms with Crippen molar-refractivity contribution < 1.29 is 8.42 Å². The number of nitrogens with zero attached hydrogens (tertiary/aromatic N) is 1. The zero-order valence-electron chi connectivity index (χ0n) is 5.88. The zero-order valence-corrected chi connectivity index (χ0v) is 7.45. The van der Waals surface area contributed by atoms with E-state index in [1.165, 1.54) is 0 Å². The summed E-state index contributed by atoms with van der Waals surface area (Å²) in [6.45, 7) is 0.299. The Labute approximate surface area is 71.2 Å². The molecule has 0 aromatic heterocycles. The minimum absolute atomic E-state index is 0.299. The molecule has 0 fully saturated rings. The van der Waals surface area contributed by atoms with Crippen LogP contribution in [0, 0.1) is 11.3 Å². The van der Waals surface area contributed by atoms with Crippen molar-refractivity contribution in [3.8, 4) is 6.07 Å². The molecule has 0 aromatic carbocycles. The fourth-order valence-corrected chi connectivity index (χ4v) is 1.29. The Balaban J connectivity index is 3.68. The van der Waals surface area contributed by atoms with Crippen LogP contribution in [0.25, 0.3) is 0 Å². The predicted octanol–water partition coefficient (Wildman–Crippen LogP) is 0.0583. The highest BCUT2D eigenvalue weighted by atomic mass is 35.5. The van der Waals surface area contributed by atoms with Gasteiger partial charge < -0.3 is 0 Å². The normalized spacial score (nSPS) is 10.9. The van der Waals surface area contributed by atoms with Gasteiger partial charge in [-0.15, -0.1) is 11.6 Å². The smallest absolute Gasteiger partial charge is 0.214 e. The van der Waals surface area contributed by atoms with Crippen molar-refractivity contribution >= 4 is 21.6 Å². The molecule has 1 N–H and O–H groups in total. The van der Waals surface area contributed by atoms with Crippen LogP contribution < -0.4 is 4.72 Å². The maximum absolute atomic E-state index is 10.7. The Morgan fingerprint density at radius 2 is 2.18 bits per heavy atom. The van der Waals surface area contributed by atoms with Crippen LogP contribution in [-0.4, -0.2) is 26.6 Å². The highest BCUT2D eigenvalue weighted by Gasteiger charge is 2.06. The first-order valence-corrected chi connectivity index (χ1v) is 5.21. The van der Waals surface area contributed by atoms with Gasteiger partial charge in [0, 0.05) is 12.4 Å². The molecule has 11 heavy (non-hydrogen) atoms. The van der Waals surface area contributed by atoms with E-state index in [9.17, 15) is 8.42 Å². The van der Waals surface area contributed by atoms with Gasteiger partial charge in [-0.2, -0.15) is 5.26 Å². The largest absolute Gasteiger partial charge is 0.225 e. The van der Waals surface area contributed by atoms with Gasteiger partial charge in [0.2, 0.25) is 10.0 Å². The molecule has 64 valence electrons. The SMILES string of the molecule is N#CCS(=O)(=O)NCCCCl. The van der Waals surface area contributed by atoms with Crippen LogP contribution in [-0.2, 0) is 10.0 Å². The van der Waals surface area contributed by atoms with Crippen molar-refractivity contribution in [2.75, 3.05) is 18.2 Å². The average molecular weight is 197 g/mol. The lowest BCUT2D eigenvalue weighted by Crippen LogP contribution is -2.26. The molecule has 0 spiro atoms. The number of sulfonamides is 1. The second-order valence-corrected chi connectivity index (χ2v) is 4.04. The first-order valence-electron chi connectivity index (χ1n) is 3.02. The Hall–Kier alpha value is -0.310. The third kappa shape index (κ3) is 6.10. The molecule has 0 unspecified atom stereocenters. The Morgan fingerprint density at radius 1 is 1.55 bits per heavy atom. The van der Waals surface area contributed by atoms with Crippen LogP contribution in [0.15, 0.2) is 0 Å². The van der Waals surface area contributed by atoms with Crippen molar-refractivity contribution in [2.24, 2.45) is 0 Å². The summed E-state index contributed by atoms with van der Waals surface area (Å²) in [5, 5.41) is 8.06. The third-order valence-corrected chi connectivity index (χ3v) is 2.31. The zero-order chi connectivity index (χ0) is 8.74. The van der Waals surface area contributed by atoms with Crippen LogP contribution in [0.3, 0.4) is 0 Å². The van der Waals surface area contributed by atoms with E-state index in [2.05, 4.69) is 4.72 Å². The summed E-state index contributed by atoms with van der Waals surface area (Å²) in [6, 6.07) is 1.55. The van der Waals surface area contributed by atoms with E-state index < -0.39 is 15.8 Å². The summed E-state index contributed by atoms with van der Waals surface area (Å²) in [6.07, 6.45) is 0.576. The lowest BCUT2D eigenvalue weighted by molar-refractivity contribution is 0.584. The minimum atomic E-state index is -3.37. The molecule has 0 heterocycles. The molecule has 0 aliphatic heterocycles. The summed E-state index contributed by atoms with van der Waals surface area (Å²) in [4.78, 5) is 0. The quantitative estimate of drug-likeness (QED) is 0.499. The number of nitrogens with one attached hydrogen (secondary N) is 1. The van der Waals surface area contributed by atoms with Gasteiger partial charge in [-0.25, -0.2) is 13.1 Å². The highest BCUT2D eigenvalue weighted by molar-refractivity contribution is 7.89. The minimum Gasteiger partial charge on any atom is -0.214 e. The molecule has 0 saturated heterocycles. The van der Waals surface area contributed by atoms with Gasteiger partial charge in [0.1, 0.15) is 0 Å². The van der Waals surface area contributed by atoms with Crippen molar-refractivity contribution in [3.63, 3.8) is 0 Å². The molecule has 0 atom stereocenters. The Bertz CT molecular complexity index is 231. The van der Waals surface area contributed by atoms with Gasteiger partial charge in [-0.05, 0) is 6.42 Å². The van der Waals surface area contributed by atoms with Gasteiger partial charge in [0.15, 0.2) is 5.75 Å². The lowest BCUT2D eigenvalue weighted by Gasteiger charge is -1.99. The van der Waals surface area contributed by atoms with Gasteiger partial charge in [0.25, 0.3) is 0 Å². The second-order valence-electron chi connectivity index (χ2n) is 1.85. The summed E-state index contributed by atoms with van der Waals surface area (Å²) in [7, 11) is -3.37. The van der Waals surface area contributed by atoms with Gasteiger partial charge in [-0.1, -0.05) is 0 Å². The van der Waals surface area contributed by atoms with Crippen molar-refractivity contribution in [2.45, 2.75) is 6.42 Å². The highest BCUT2D eigenvalue weighted by Crippen LogP contribution is 1.85. The molecule has 6 heteroatoms. The van der Waals surface area contributed by atoms with E-state index in [-0.39, 0.29) is 0 Å². The van der Waals surface area contributed by atoms with Crippen molar-refractivity contribution in [3.05, 3.63) is 0 Å². The van der Waals surface area contributed by atoms with Gasteiger partial charge in [-0.3, -0.25) is 0 Å². The van der Waals surface area contributed by atoms with E-state index in [1.807, 2.05) is 0 Å². The topological polar surface area (TPSA) is 70.0 Å². The summed E-state index contributed by atoms with van der Waals surface area (Å²) in [5.41, 5.74) is 0. The molecule has 0 amide bonds. The summed E-state index contributed by atoms with van der Waals surface area (Å²) >= 11 is 5.31. The van der Waals surface area contributed by atoms with Crippen LogP contribution in [0.2, 0.25) is 0 Å². The second kappa shape index (κ2) is 5.35. The molecular formula is C5H9ClN2O2S. The van der Waals surface area contributed by atoms with E-state index in [1.54, 1.807) is 6.07 Å². The molecule has 0 bridgehead atoms. The van der Waals surface area contributed by atoms with Crippen LogP contribution in [0.1, 0.15) is 6.42 Å². The monoisotopic (exact) mass is 196 g/mol.